The van der Waals surface area contributed by atoms with Crippen LogP contribution in [-0.4, -0.2) is 21.0 Å². The Bertz CT molecular complexity index is 441. The van der Waals surface area contributed by atoms with Crippen LogP contribution in [0.5, 0.6) is 0 Å². The summed E-state index contributed by atoms with van der Waals surface area (Å²) in [4.78, 5) is 0. The predicted molar refractivity (Wildman–Crippen MR) is 65.3 cm³/mol. The highest BCUT2D eigenvalue weighted by Crippen LogP contribution is 2.07. The smallest absolute Gasteiger partial charge is 0.216 e. The van der Waals surface area contributed by atoms with Crippen LogP contribution in [0.15, 0.2) is 24.3 Å². The van der Waals surface area contributed by atoms with Crippen LogP contribution < -0.4 is 10.5 Å². The molecule has 0 aliphatic heterocycles. The van der Waals surface area contributed by atoms with E-state index in [0.29, 0.717) is 12.0 Å². The zero-order valence-corrected chi connectivity index (χ0v) is 10.5. The fraction of sp³-hybridized carbons (Fsp3) is 0.455. The standard InChI is InChI=1S/C11H17FN2O2S/c1-2-11(7-13)14-17(15,16)8-9-3-5-10(12)6-4-9/h3-6,11,14H,2,7-8,13H2,1H3. The number of nitrogens with two attached hydrogens (primary N) is 1. The van der Waals surface area contributed by atoms with Gasteiger partial charge < -0.3 is 5.73 Å². The first kappa shape index (κ1) is 14.1. The Morgan fingerprint density at radius 2 is 1.94 bits per heavy atom. The predicted octanol–water partition coefficient (Wildman–Crippen LogP) is 0.982. The Labute approximate surface area is 101 Å². The van der Waals surface area contributed by atoms with Crippen molar-refractivity contribution in [1.29, 1.82) is 0 Å². The fourth-order valence-corrected chi connectivity index (χ4v) is 2.88. The summed E-state index contributed by atoms with van der Waals surface area (Å²) in [5, 5.41) is 0. The third-order valence-electron chi connectivity index (χ3n) is 2.39. The molecule has 0 saturated carbocycles. The minimum Gasteiger partial charge on any atom is -0.329 e. The van der Waals surface area contributed by atoms with Crippen LogP contribution in [0.25, 0.3) is 0 Å². The van der Waals surface area contributed by atoms with Crippen molar-refractivity contribution in [2.24, 2.45) is 5.73 Å². The van der Waals surface area contributed by atoms with Gasteiger partial charge in [0, 0.05) is 12.6 Å². The number of halogens is 1. The molecule has 0 bridgehead atoms. The van der Waals surface area contributed by atoms with Crippen LogP contribution in [0.4, 0.5) is 4.39 Å². The molecule has 96 valence electrons. The lowest BCUT2D eigenvalue weighted by Gasteiger charge is -2.14. The second kappa shape index (κ2) is 6.09. The highest BCUT2D eigenvalue weighted by Gasteiger charge is 2.16. The Morgan fingerprint density at radius 1 is 1.35 bits per heavy atom. The van der Waals surface area contributed by atoms with Gasteiger partial charge in [-0.1, -0.05) is 19.1 Å². The van der Waals surface area contributed by atoms with Gasteiger partial charge in [-0.2, -0.15) is 0 Å². The molecule has 1 unspecified atom stereocenters. The lowest BCUT2D eigenvalue weighted by molar-refractivity contribution is 0.541. The van der Waals surface area contributed by atoms with Crippen LogP contribution in [-0.2, 0) is 15.8 Å². The van der Waals surface area contributed by atoms with Crippen LogP contribution in [0, 0.1) is 5.82 Å². The SMILES string of the molecule is CCC(CN)NS(=O)(=O)Cc1ccc(F)cc1. The molecule has 0 radical (unpaired) electrons. The molecular formula is C11H17FN2O2S. The van der Waals surface area contributed by atoms with Crippen LogP contribution in [0.2, 0.25) is 0 Å². The van der Waals surface area contributed by atoms with E-state index in [2.05, 4.69) is 4.72 Å². The topological polar surface area (TPSA) is 72.2 Å². The average molecular weight is 260 g/mol. The van der Waals surface area contributed by atoms with Crippen molar-refractivity contribution < 1.29 is 12.8 Å². The molecule has 3 N–H and O–H groups in total. The second-order valence-electron chi connectivity index (χ2n) is 3.84. The molecular weight excluding hydrogens is 243 g/mol. The summed E-state index contributed by atoms with van der Waals surface area (Å²) in [6.45, 7) is 2.12. The van der Waals surface area contributed by atoms with Crippen molar-refractivity contribution in [3.63, 3.8) is 0 Å². The van der Waals surface area contributed by atoms with Gasteiger partial charge in [0.05, 0.1) is 5.75 Å². The van der Waals surface area contributed by atoms with Gasteiger partial charge in [-0.05, 0) is 24.1 Å². The maximum absolute atomic E-state index is 12.7. The summed E-state index contributed by atoms with van der Waals surface area (Å²) in [7, 11) is -3.42. The van der Waals surface area contributed by atoms with Gasteiger partial charge in [0.1, 0.15) is 5.82 Å². The van der Waals surface area contributed by atoms with E-state index in [1.54, 1.807) is 0 Å². The van der Waals surface area contributed by atoms with E-state index in [1.165, 1.54) is 24.3 Å². The van der Waals surface area contributed by atoms with Crippen molar-refractivity contribution in [3.05, 3.63) is 35.6 Å². The van der Waals surface area contributed by atoms with E-state index in [1.807, 2.05) is 6.92 Å². The van der Waals surface area contributed by atoms with Crippen LogP contribution >= 0.6 is 0 Å². The molecule has 0 fully saturated rings. The number of benzene rings is 1. The monoisotopic (exact) mass is 260 g/mol. The summed E-state index contributed by atoms with van der Waals surface area (Å²) in [6, 6.07) is 5.15. The minimum absolute atomic E-state index is 0.163. The van der Waals surface area contributed by atoms with Gasteiger partial charge in [0.25, 0.3) is 0 Å². The molecule has 6 heteroatoms. The number of rotatable bonds is 6. The number of nitrogens with one attached hydrogen (secondary N) is 1. The molecule has 4 nitrogen and oxygen atoms in total. The highest BCUT2D eigenvalue weighted by molar-refractivity contribution is 7.88. The number of sulfonamides is 1. The van der Waals surface area contributed by atoms with Gasteiger partial charge in [-0.15, -0.1) is 0 Å². The van der Waals surface area contributed by atoms with E-state index >= 15 is 0 Å². The van der Waals surface area contributed by atoms with Crippen molar-refractivity contribution in [2.75, 3.05) is 6.54 Å². The third-order valence-corrected chi connectivity index (χ3v) is 3.80. The van der Waals surface area contributed by atoms with Crippen molar-refractivity contribution in [1.82, 2.24) is 4.72 Å². The van der Waals surface area contributed by atoms with Gasteiger partial charge in [-0.3, -0.25) is 0 Å². The average Bonchev–Trinajstić information content (AvgIpc) is 2.29. The van der Waals surface area contributed by atoms with E-state index in [0.717, 1.165) is 0 Å². The normalized spacial score (nSPS) is 13.6. The number of hydrogen-bond acceptors (Lipinski definition) is 3. The molecule has 1 aromatic carbocycles. The van der Waals surface area contributed by atoms with Crippen molar-refractivity contribution >= 4 is 10.0 Å². The van der Waals surface area contributed by atoms with Gasteiger partial charge in [-0.25, -0.2) is 17.5 Å². The van der Waals surface area contributed by atoms with Gasteiger partial charge >= 0.3 is 0 Å². The largest absolute Gasteiger partial charge is 0.329 e. The summed E-state index contributed by atoms with van der Waals surface area (Å²) in [5.74, 6) is -0.545. The number of hydrogen-bond donors (Lipinski definition) is 2. The van der Waals surface area contributed by atoms with Crippen LogP contribution in [0.3, 0.4) is 0 Å². The molecule has 0 saturated heterocycles. The van der Waals surface area contributed by atoms with E-state index in [4.69, 9.17) is 5.73 Å². The lowest BCUT2D eigenvalue weighted by atomic mass is 10.2. The van der Waals surface area contributed by atoms with E-state index < -0.39 is 10.0 Å². The molecule has 1 rings (SSSR count). The first-order valence-corrected chi connectivity index (χ1v) is 7.06. The Balaban J connectivity index is 2.69. The summed E-state index contributed by atoms with van der Waals surface area (Å²) >= 11 is 0. The maximum Gasteiger partial charge on any atom is 0.216 e. The lowest BCUT2D eigenvalue weighted by Crippen LogP contribution is -2.40. The molecule has 1 atom stereocenters. The fourth-order valence-electron chi connectivity index (χ4n) is 1.39. The molecule has 0 heterocycles. The summed E-state index contributed by atoms with van der Waals surface area (Å²) in [5.41, 5.74) is 5.97. The highest BCUT2D eigenvalue weighted by atomic mass is 32.2. The zero-order valence-electron chi connectivity index (χ0n) is 9.69. The molecule has 0 amide bonds. The third kappa shape index (κ3) is 4.80. The Morgan fingerprint density at radius 3 is 2.41 bits per heavy atom. The molecule has 0 spiro atoms. The van der Waals surface area contributed by atoms with E-state index in [-0.39, 0.29) is 24.2 Å². The first-order valence-electron chi connectivity index (χ1n) is 5.41. The van der Waals surface area contributed by atoms with E-state index in [9.17, 15) is 12.8 Å². The first-order chi connectivity index (χ1) is 7.96. The maximum atomic E-state index is 12.7. The molecule has 0 aliphatic carbocycles. The van der Waals surface area contributed by atoms with Crippen LogP contribution in [0.1, 0.15) is 18.9 Å². The Kier molecular flexibility index (Phi) is 5.04. The summed E-state index contributed by atoms with van der Waals surface area (Å²) < 4.78 is 38.7. The minimum atomic E-state index is -3.42. The quantitative estimate of drug-likeness (QED) is 0.801. The molecule has 0 aliphatic rings. The van der Waals surface area contributed by atoms with Gasteiger partial charge in [0.2, 0.25) is 10.0 Å². The van der Waals surface area contributed by atoms with Gasteiger partial charge in [0.15, 0.2) is 0 Å². The van der Waals surface area contributed by atoms with Crippen molar-refractivity contribution in [2.45, 2.75) is 25.1 Å². The summed E-state index contributed by atoms with van der Waals surface area (Å²) in [6.07, 6.45) is 0.638. The Hall–Kier alpha value is -0.980. The molecule has 0 aromatic heterocycles. The molecule has 17 heavy (non-hydrogen) atoms. The second-order valence-corrected chi connectivity index (χ2v) is 5.60. The molecule has 1 aromatic rings. The zero-order chi connectivity index (χ0) is 12.9. The van der Waals surface area contributed by atoms with Crippen molar-refractivity contribution in [3.8, 4) is 0 Å².